The number of hydrogen-bond donors (Lipinski definition) is 0. The summed E-state index contributed by atoms with van der Waals surface area (Å²) < 4.78 is 4.28. The Hall–Kier alpha value is -0.370. The fourth-order valence-corrected chi connectivity index (χ4v) is 3.16. The van der Waals surface area contributed by atoms with Crippen LogP contribution < -0.4 is 0 Å². The highest BCUT2D eigenvalue weighted by Crippen LogP contribution is 2.55. The van der Waals surface area contributed by atoms with Crippen LogP contribution in [-0.2, 0) is 11.8 Å². The van der Waals surface area contributed by atoms with E-state index in [1.165, 1.54) is 32.1 Å². The van der Waals surface area contributed by atoms with Gasteiger partial charge in [-0.05, 0) is 54.6 Å². The lowest BCUT2D eigenvalue weighted by Gasteiger charge is -2.20. The molecule has 2 aliphatic carbocycles. The Morgan fingerprint density at radius 1 is 1.36 bits per heavy atom. The topological polar surface area (TPSA) is 12.9 Å². The Bertz CT molecular complexity index is 286. The highest BCUT2D eigenvalue weighted by molar-refractivity contribution is 7.05. The number of rotatable bonds is 0. The van der Waals surface area contributed by atoms with Crippen molar-refractivity contribution in [3.05, 3.63) is 16.6 Å². The Balaban J connectivity index is 2.16. The van der Waals surface area contributed by atoms with Gasteiger partial charge in [0.2, 0.25) is 0 Å². The molecule has 1 aromatic rings. The first kappa shape index (κ1) is 6.18. The van der Waals surface area contributed by atoms with Crippen molar-refractivity contribution in [1.82, 2.24) is 4.37 Å². The quantitative estimate of drug-likeness (QED) is 0.575. The molecule has 0 aliphatic heterocycles. The van der Waals surface area contributed by atoms with Crippen molar-refractivity contribution in [3.63, 3.8) is 0 Å². The maximum atomic E-state index is 4.28. The van der Waals surface area contributed by atoms with E-state index in [1.54, 1.807) is 22.0 Å². The van der Waals surface area contributed by atoms with E-state index in [0.29, 0.717) is 5.41 Å². The second-order valence-electron chi connectivity index (χ2n) is 3.80. The molecule has 0 bridgehead atoms. The summed E-state index contributed by atoms with van der Waals surface area (Å²) in [6.45, 7) is 0. The van der Waals surface area contributed by atoms with Crippen LogP contribution in [0.3, 0.4) is 0 Å². The largest absolute Gasteiger partial charge is 0.201 e. The van der Waals surface area contributed by atoms with Crippen LogP contribution in [0.15, 0.2) is 6.20 Å². The van der Waals surface area contributed by atoms with E-state index >= 15 is 0 Å². The van der Waals surface area contributed by atoms with Crippen LogP contribution in [0.2, 0.25) is 0 Å². The predicted octanol–water partition coefficient (Wildman–Crippen LogP) is 2.51. The van der Waals surface area contributed by atoms with Gasteiger partial charge in [-0.15, -0.1) is 0 Å². The maximum absolute atomic E-state index is 4.28. The zero-order valence-electron chi connectivity index (χ0n) is 6.47. The number of hydrogen-bond acceptors (Lipinski definition) is 2. The Labute approximate surface area is 70.6 Å². The van der Waals surface area contributed by atoms with Crippen LogP contribution in [0.1, 0.15) is 36.1 Å². The Morgan fingerprint density at radius 3 is 3.09 bits per heavy atom. The van der Waals surface area contributed by atoms with Gasteiger partial charge in [0.1, 0.15) is 0 Å². The first-order chi connectivity index (χ1) is 5.41. The molecule has 0 N–H and O–H groups in total. The lowest BCUT2D eigenvalue weighted by atomic mass is 9.85. The van der Waals surface area contributed by atoms with Crippen molar-refractivity contribution < 1.29 is 0 Å². The molecule has 1 fully saturated rings. The molecule has 11 heavy (non-hydrogen) atoms. The summed E-state index contributed by atoms with van der Waals surface area (Å²) in [6.07, 6.45) is 9.10. The van der Waals surface area contributed by atoms with Crippen LogP contribution in [-0.4, -0.2) is 4.37 Å². The molecule has 1 spiro atoms. The smallest absolute Gasteiger partial charge is 0.0447 e. The van der Waals surface area contributed by atoms with E-state index in [0.717, 1.165) is 0 Å². The monoisotopic (exact) mass is 165 g/mol. The molecule has 0 aromatic carbocycles. The Morgan fingerprint density at radius 2 is 2.27 bits per heavy atom. The molecule has 2 heteroatoms. The average Bonchev–Trinajstić information content (AvgIpc) is 2.63. The average molecular weight is 165 g/mol. The van der Waals surface area contributed by atoms with Gasteiger partial charge in [0.15, 0.2) is 0 Å². The summed E-state index contributed by atoms with van der Waals surface area (Å²) in [5, 5.41) is 0. The maximum Gasteiger partial charge on any atom is 0.0447 e. The van der Waals surface area contributed by atoms with Gasteiger partial charge >= 0.3 is 0 Å². The van der Waals surface area contributed by atoms with Crippen molar-refractivity contribution >= 4 is 11.5 Å². The molecule has 0 atom stereocenters. The van der Waals surface area contributed by atoms with Gasteiger partial charge in [0.25, 0.3) is 0 Å². The zero-order chi connectivity index (χ0) is 7.31. The highest BCUT2D eigenvalue weighted by Gasteiger charge is 2.47. The molecule has 1 aromatic heterocycles. The molecule has 1 saturated carbocycles. The number of aromatic nitrogens is 1. The third kappa shape index (κ3) is 0.734. The standard InChI is InChI=1S/C9H11NS/c1-2-8-7(6-10-11-8)9(3-1)4-5-9/h6H,1-5H2. The van der Waals surface area contributed by atoms with Gasteiger partial charge in [0, 0.05) is 11.1 Å². The minimum Gasteiger partial charge on any atom is -0.201 e. The van der Waals surface area contributed by atoms with Crippen molar-refractivity contribution in [2.45, 2.75) is 37.5 Å². The fraction of sp³-hybridized carbons (Fsp3) is 0.667. The van der Waals surface area contributed by atoms with Gasteiger partial charge < -0.3 is 0 Å². The van der Waals surface area contributed by atoms with Crippen LogP contribution >= 0.6 is 11.5 Å². The van der Waals surface area contributed by atoms with Crippen molar-refractivity contribution in [1.29, 1.82) is 0 Å². The predicted molar refractivity (Wildman–Crippen MR) is 46.0 cm³/mol. The van der Waals surface area contributed by atoms with E-state index in [1.807, 2.05) is 0 Å². The second kappa shape index (κ2) is 1.86. The molecule has 3 rings (SSSR count). The third-order valence-electron chi connectivity index (χ3n) is 3.13. The number of aryl methyl sites for hydroxylation is 1. The van der Waals surface area contributed by atoms with E-state index in [2.05, 4.69) is 10.6 Å². The summed E-state index contributed by atoms with van der Waals surface area (Å²) in [5.41, 5.74) is 2.24. The molecule has 0 unspecified atom stereocenters. The summed E-state index contributed by atoms with van der Waals surface area (Å²) in [7, 11) is 0. The normalized spacial score (nSPS) is 25.1. The minimum absolute atomic E-state index is 0.639. The fourth-order valence-electron chi connectivity index (χ4n) is 2.27. The molecule has 0 amide bonds. The Kier molecular flexibility index (Phi) is 1.05. The van der Waals surface area contributed by atoms with Crippen LogP contribution in [0.4, 0.5) is 0 Å². The SMILES string of the molecule is c1nsc2c1C1(CCC2)CC1. The molecular weight excluding hydrogens is 154 g/mol. The number of fused-ring (bicyclic) bond motifs is 2. The van der Waals surface area contributed by atoms with Gasteiger partial charge in [-0.2, -0.15) is 0 Å². The van der Waals surface area contributed by atoms with Crippen molar-refractivity contribution in [3.8, 4) is 0 Å². The van der Waals surface area contributed by atoms with E-state index < -0.39 is 0 Å². The zero-order valence-corrected chi connectivity index (χ0v) is 7.28. The van der Waals surface area contributed by atoms with Gasteiger partial charge in [-0.1, -0.05) is 0 Å². The summed E-state index contributed by atoms with van der Waals surface area (Å²) >= 11 is 1.72. The third-order valence-corrected chi connectivity index (χ3v) is 3.98. The first-order valence-electron chi connectivity index (χ1n) is 4.35. The van der Waals surface area contributed by atoms with Crippen LogP contribution in [0.25, 0.3) is 0 Å². The van der Waals surface area contributed by atoms with Crippen molar-refractivity contribution in [2.75, 3.05) is 0 Å². The van der Waals surface area contributed by atoms with Gasteiger partial charge in [0.05, 0.1) is 0 Å². The summed E-state index contributed by atoms with van der Waals surface area (Å²) in [5.74, 6) is 0. The van der Waals surface area contributed by atoms with Gasteiger partial charge in [-0.25, -0.2) is 4.37 Å². The molecule has 1 heterocycles. The minimum atomic E-state index is 0.639. The molecule has 2 aliphatic rings. The molecule has 0 radical (unpaired) electrons. The lowest BCUT2D eigenvalue weighted by Crippen LogP contribution is -2.12. The van der Waals surface area contributed by atoms with E-state index in [-0.39, 0.29) is 0 Å². The molecule has 1 nitrogen and oxygen atoms in total. The number of nitrogens with zero attached hydrogens (tertiary/aromatic N) is 1. The molecular formula is C9H11NS. The van der Waals surface area contributed by atoms with Crippen LogP contribution in [0, 0.1) is 0 Å². The molecule has 0 saturated heterocycles. The van der Waals surface area contributed by atoms with Gasteiger partial charge in [-0.3, -0.25) is 0 Å². The van der Waals surface area contributed by atoms with Crippen molar-refractivity contribution in [2.24, 2.45) is 0 Å². The van der Waals surface area contributed by atoms with E-state index in [9.17, 15) is 0 Å². The summed E-state index contributed by atoms with van der Waals surface area (Å²) in [4.78, 5) is 1.58. The van der Waals surface area contributed by atoms with Crippen LogP contribution in [0.5, 0.6) is 0 Å². The molecule has 58 valence electrons. The summed E-state index contributed by atoms with van der Waals surface area (Å²) in [6, 6.07) is 0. The first-order valence-corrected chi connectivity index (χ1v) is 5.12. The van der Waals surface area contributed by atoms with E-state index in [4.69, 9.17) is 0 Å². The lowest BCUT2D eigenvalue weighted by molar-refractivity contribution is 0.548. The highest BCUT2D eigenvalue weighted by atomic mass is 32.1. The second-order valence-corrected chi connectivity index (χ2v) is 4.68.